The Morgan fingerprint density at radius 2 is 2.27 bits per heavy atom. The van der Waals surface area contributed by atoms with E-state index in [-0.39, 0.29) is 0 Å². The summed E-state index contributed by atoms with van der Waals surface area (Å²) in [5, 5.41) is 3.77. The molecule has 0 amide bonds. The second kappa shape index (κ2) is 6.20. The van der Waals surface area contributed by atoms with Gasteiger partial charge in [-0.05, 0) is 18.2 Å². The number of rotatable bonds is 5. The van der Waals surface area contributed by atoms with Gasteiger partial charge in [-0.25, -0.2) is 0 Å². The van der Waals surface area contributed by atoms with Crippen LogP contribution in [0.15, 0.2) is 35.9 Å². The van der Waals surface area contributed by atoms with Gasteiger partial charge in [0, 0.05) is 11.6 Å². The van der Waals surface area contributed by atoms with E-state index in [2.05, 4.69) is 18.5 Å². The molecule has 1 nitrogen and oxygen atoms in total. The molecule has 0 saturated heterocycles. The molecule has 0 aliphatic carbocycles. The maximum Gasteiger partial charge on any atom is 0.0403 e. The zero-order chi connectivity index (χ0) is 8.69. The lowest BCUT2D eigenvalue weighted by Gasteiger charge is -1.99. The molecule has 2 heteroatoms. The first-order valence-corrected chi connectivity index (χ1v) is 3.96. The topological polar surface area (TPSA) is 12.0 Å². The van der Waals surface area contributed by atoms with Gasteiger partial charge in [0.05, 0.1) is 0 Å². The number of hydrogen-bond donors (Lipinski definition) is 1. The van der Waals surface area contributed by atoms with E-state index in [4.69, 9.17) is 11.6 Å². The quantitative estimate of drug-likeness (QED) is 0.627. The van der Waals surface area contributed by atoms with Crippen molar-refractivity contribution in [3.8, 4) is 0 Å². The third-order valence-corrected chi connectivity index (χ3v) is 1.40. The van der Waals surface area contributed by atoms with E-state index in [1.165, 1.54) is 0 Å². The molecule has 0 aromatic heterocycles. The molecule has 0 rings (SSSR count). The minimum Gasteiger partial charge on any atom is -0.313 e. The summed E-state index contributed by atoms with van der Waals surface area (Å²) in [5.74, 6) is 0. The van der Waals surface area contributed by atoms with Crippen molar-refractivity contribution in [2.24, 2.45) is 0 Å². The van der Waals surface area contributed by atoms with Gasteiger partial charge in [-0.2, -0.15) is 0 Å². The van der Waals surface area contributed by atoms with Gasteiger partial charge < -0.3 is 5.32 Å². The molecule has 0 bridgehead atoms. The maximum atomic E-state index is 5.69. The molecule has 0 aliphatic heterocycles. The Hall–Kier alpha value is -0.530. The van der Waals surface area contributed by atoms with Crippen LogP contribution in [0, 0.1) is 0 Å². The van der Waals surface area contributed by atoms with Gasteiger partial charge in [0.2, 0.25) is 0 Å². The lowest BCUT2D eigenvalue weighted by molar-refractivity contribution is 0.786. The second-order valence-electron chi connectivity index (χ2n) is 2.17. The highest BCUT2D eigenvalue weighted by Gasteiger charge is 1.88. The summed E-state index contributed by atoms with van der Waals surface area (Å²) in [6, 6.07) is 0. The van der Waals surface area contributed by atoms with Crippen LogP contribution in [0.3, 0.4) is 0 Å². The van der Waals surface area contributed by atoms with E-state index < -0.39 is 0 Å². The fourth-order valence-corrected chi connectivity index (χ4v) is 0.745. The molecule has 11 heavy (non-hydrogen) atoms. The Morgan fingerprint density at radius 3 is 2.73 bits per heavy atom. The molecule has 0 unspecified atom stereocenters. The Labute approximate surface area is 73.4 Å². The summed E-state index contributed by atoms with van der Waals surface area (Å²) < 4.78 is 0. The van der Waals surface area contributed by atoms with Crippen LogP contribution >= 0.6 is 11.6 Å². The van der Waals surface area contributed by atoms with Gasteiger partial charge in [-0.3, -0.25) is 0 Å². The van der Waals surface area contributed by atoms with E-state index in [9.17, 15) is 0 Å². The second-order valence-corrected chi connectivity index (χ2v) is 2.61. The summed E-state index contributed by atoms with van der Waals surface area (Å²) in [4.78, 5) is 0. The molecule has 62 valence electrons. The summed E-state index contributed by atoms with van der Waals surface area (Å²) in [5.41, 5.74) is 0.969. The van der Waals surface area contributed by atoms with Crippen LogP contribution in [-0.2, 0) is 0 Å². The van der Waals surface area contributed by atoms with Crippen molar-refractivity contribution in [2.45, 2.75) is 6.92 Å². The number of halogens is 1. The van der Waals surface area contributed by atoms with Crippen LogP contribution in [0.25, 0.3) is 0 Å². The molecule has 0 fully saturated rings. The van der Waals surface area contributed by atoms with Gasteiger partial charge in [-0.15, -0.1) is 0 Å². The largest absolute Gasteiger partial charge is 0.313 e. The number of nitrogens with one attached hydrogen (secondary N) is 1. The Balaban J connectivity index is 3.76. The molecular formula is C9H14ClN. The summed E-state index contributed by atoms with van der Waals surface area (Å²) >= 11 is 5.69. The average molecular weight is 172 g/mol. The third kappa shape index (κ3) is 5.89. The van der Waals surface area contributed by atoms with Gasteiger partial charge in [0.1, 0.15) is 0 Å². The molecule has 0 atom stereocenters. The van der Waals surface area contributed by atoms with Crippen molar-refractivity contribution >= 4 is 11.6 Å². The SMILES string of the molecule is C=C/C(Cl)=C\C(=C)CNCC. The van der Waals surface area contributed by atoms with Crippen LogP contribution < -0.4 is 5.32 Å². The molecule has 0 radical (unpaired) electrons. The van der Waals surface area contributed by atoms with Crippen molar-refractivity contribution in [1.29, 1.82) is 0 Å². The van der Waals surface area contributed by atoms with Crippen molar-refractivity contribution in [3.63, 3.8) is 0 Å². The van der Waals surface area contributed by atoms with Crippen molar-refractivity contribution < 1.29 is 0 Å². The summed E-state index contributed by atoms with van der Waals surface area (Å²) in [6.07, 6.45) is 3.40. The van der Waals surface area contributed by atoms with E-state index >= 15 is 0 Å². The zero-order valence-corrected chi connectivity index (χ0v) is 7.62. The van der Waals surface area contributed by atoms with Gasteiger partial charge in [0.15, 0.2) is 0 Å². The minimum absolute atomic E-state index is 0.632. The van der Waals surface area contributed by atoms with Crippen molar-refractivity contribution in [2.75, 3.05) is 13.1 Å². The average Bonchev–Trinajstić information content (AvgIpc) is 2.00. The zero-order valence-electron chi connectivity index (χ0n) is 6.86. The van der Waals surface area contributed by atoms with E-state index in [1.807, 2.05) is 6.92 Å². The fourth-order valence-electron chi connectivity index (χ4n) is 0.591. The smallest absolute Gasteiger partial charge is 0.0403 e. The Kier molecular flexibility index (Phi) is 5.90. The van der Waals surface area contributed by atoms with E-state index in [0.29, 0.717) is 5.03 Å². The van der Waals surface area contributed by atoms with E-state index in [0.717, 1.165) is 18.7 Å². The monoisotopic (exact) mass is 171 g/mol. The maximum absolute atomic E-state index is 5.69. The first kappa shape index (κ1) is 10.5. The summed E-state index contributed by atoms with van der Waals surface area (Å²) in [7, 11) is 0. The lowest BCUT2D eigenvalue weighted by atomic mass is 10.2. The van der Waals surface area contributed by atoms with E-state index in [1.54, 1.807) is 12.2 Å². The first-order chi connectivity index (χ1) is 5.20. The Bertz CT molecular complexity index is 170. The van der Waals surface area contributed by atoms with Crippen LogP contribution in [-0.4, -0.2) is 13.1 Å². The first-order valence-electron chi connectivity index (χ1n) is 3.58. The molecule has 0 aliphatic rings. The van der Waals surface area contributed by atoms with Crippen molar-refractivity contribution in [1.82, 2.24) is 5.32 Å². The minimum atomic E-state index is 0.632. The third-order valence-electron chi connectivity index (χ3n) is 1.14. The highest BCUT2D eigenvalue weighted by Crippen LogP contribution is 2.05. The van der Waals surface area contributed by atoms with Crippen LogP contribution in [0.2, 0.25) is 0 Å². The van der Waals surface area contributed by atoms with Gasteiger partial charge >= 0.3 is 0 Å². The van der Waals surface area contributed by atoms with Crippen LogP contribution in [0.4, 0.5) is 0 Å². The lowest BCUT2D eigenvalue weighted by Crippen LogP contribution is -2.14. The standard InChI is InChI=1S/C9H14ClN/c1-4-9(10)6-8(3)7-11-5-2/h4,6,11H,1,3,5,7H2,2H3/b9-6+. The molecule has 0 saturated carbocycles. The normalized spacial score (nSPS) is 11.3. The fraction of sp³-hybridized carbons (Fsp3) is 0.333. The number of likely N-dealkylation sites (N-methyl/N-ethyl adjacent to an activating group) is 1. The van der Waals surface area contributed by atoms with Crippen molar-refractivity contribution in [3.05, 3.63) is 35.9 Å². The predicted molar refractivity (Wildman–Crippen MR) is 51.8 cm³/mol. The van der Waals surface area contributed by atoms with Crippen LogP contribution in [0.5, 0.6) is 0 Å². The highest BCUT2D eigenvalue weighted by molar-refractivity contribution is 6.31. The Morgan fingerprint density at radius 1 is 1.64 bits per heavy atom. The molecule has 0 aromatic rings. The molecule has 0 heterocycles. The molecule has 1 N–H and O–H groups in total. The summed E-state index contributed by atoms with van der Waals surface area (Å²) in [6.45, 7) is 11.1. The highest BCUT2D eigenvalue weighted by atomic mass is 35.5. The van der Waals surface area contributed by atoms with Crippen LogP contribution in [0.1, 0.15) is 6.92 Å². The van der Waals surface area contributed by atoms with Gasteiger partial charge in [-0.1, -0.05) is 37.8 Å². The van der Waals surface area contributed by atoms with Gasteiger partial charge in [0.25, 0.3) is 0 Å². The number of allylic oxidation sites excluding steroid dienone is 2. The molecular weight excluding hydrogens is 158 g/mol. The number of hydrogen-bond acceptors (Lipinski definition) is 1. The molecule has 0 aromatic carbocycles. The predicted octanol–water partition coefficient (Wildman–Crippen LogP) is 2.46. The molecule has 0 spiro atoms.